The van der Waals surface area contributed by atoms with E-state index in [0.29, 0.717) is 18.8 Å². The van der Waals surface area contributed by atoms with E-state index in [1.54, 1.807) is 12.1 Å². The minimum absolute atomic E-state index is 0.186. The van der Waals surface area contributed by atoms with Gasteiger partial charge in [0, 0.05) is 6.42 Å². The second-order valence-electron chi connectivity index (χ2n) is 3.54. The second-order valence-corrected chi connectivity index (χ2v) is 3.54. The van der Waals surface area contributed by atoms with Crippen molar-refractivity contribution < 1.29 is 22.7 Å². The molecule has 19 heavy (non-hydrogen) atoms. The number of benzene rings is 1. The molecular weight excluding hydrogens is 257 g/mol. The normalized spacial score (nSPS) is 10.4. The Morgan fingerprint density at radius 3 is 2.21 bits per heavy atom. The topological polar surface area (TPSA) is 26.3 Å². The fourth-order valence-electron chi connectivity index (χ4n) is 1.24. The lowest BCUT2D eigenvalue weighted by molar-refractivity contribution is -0.171. The number of unbranched alkanes of at least 4 members (excludes halogenated alkanes) is 1. The van der Waals surface area contributed by atoms with Gasteiger partial charge in [-0.2, -0.15) is 13.2 Å². The first kappa shape index (κ1) is 17.5. The number of para-hydroxylation sites is 1. The number of alkyl halides is 3. The van der Waals surface area contributed by atoms with Crippen LogP contribution in [0.3, 0.4) is 0 Å². The van der Waals surface area contributed by atoms with Crippen LogP contribution in [-0.4, -0.2) is 18.6 Å². The molecule has 1 aromatic rings. The Morgan fingerprint density at radius 2 is 1.68 bits per heavy atom. The number of ether oxygens (including phenoxy) is 1. The summed E-state index contributed by atoms with van der Waals surface area (Å²) in [7, 11) is 0. The molecule has 0 unspecified atom stereocenters. The first-order chi connectivity index (χ1) is 9.00. The fraction of sp³-hybridized carbons (Fsp3) is 0.500. The lowest BCUT2D eigenvalue weighted by Gasteiger charge is -2.06. The van der Waals surface area contributed by atoms with Crippen LogP contribution in [0.1, 0.15) is 33.1 Å². The Bertz CT molecular complexity index is 347. The summed E-state index contributed by atoms with van der Waals surface area (Å²) in [6, 6.07) is 8.99. The predicted octanol–water partition coefficient (Wildman–Crippen LogP) is 4.39. The molecule has 0 N–H and O–H groups in total. The average molecular weight is 276 g/mol. The first-order valence-corrected chi connectivity index (χ1v) is 6.28. The van der Waals surface area contributed by atoms with E-state index in [9.17, 15) is 18.0 Å². The molecule has 0 aliphatic rings. The van der Waals surface area contributed by atoms with Gasteiger partial charge >= 0.3 is 6.18 Å². The lowest BCUT2D eigenvalue weighted by Crippen LogP contribution is -2.22. The molecule has 0 amide bonds. The summed E-state index contributed by atoms with van der Waals surface area (Å²) in [6.45, 7) is 4.31. The number of halogens is 3. The highest BCUT2D eigenvalue weighted by molar-refractivity contribution is 5.83. The molecule has 5 heteroatoms. The van der Waals surface area contributed by atoms with Crippen molar-refractivity contribution in [3.8, 4) is 5.75 Å². The Morgan fingerprint density at radius 1 is 1.11 bits per heavy atom. The van der Waals surface area contributed by atoms with Crippen molar-refractivity contribution in [1.29, 1.82) is 0 Å². The maximum atomic E-state index is 11.8. The van der Waals surface area contributed by atoms with Crippen molar-refractivity contribution >= 4 is 5.78 Å². The monoisotopic (exact) mass is 276 g/mol. The molecule has 1 aromatic carbocycles. The highest BCUT2D eigenvalue weighted by atomic mass is 19.4. The van der Waals surface area contributed by atoms with Gasteiger partial charge in [-0.05, 0) is 25.0 Å². The van der Waals surface area contributed by atoms with E-state index >= 15 is 0 Å². The molecule has 0 radical (unpaired) electrons. The van der Waals surface area contributed by atoms with Crippen LogP contribution in [0, 0.1) is 0 Å². The Kier molecular flexibility index (Phi) is 8.66. The van der Waals surface area contributed by atoms with Gasteiger partial charge < -0.3 is 4.74 Å². The van der Waals surface area contributed by atoms with E-state index in [-0.39, 0.29) is 6.42 Å². The molecule has 0 atom stereocenters. The predicted molar refractivity (Wildman–Crippen MR) is 68.2 cm³/mol. The van der Waals surface area contributed by atoms with E-state index < -0.39 is 18.4 Å². The van der Waals surface area contributed by atoms with Crippen LogP contribution >= 0.6 is 0 Å². The van der Waals surface area contributed by atoms with Crippen molar-refractivity contribution in [3.63, 3.8) is 0 Å². The van der Waals surface area contributed by atoms with Gasteiger partial charge in [-0.1, -0.05) is 32.0 Å². The smallest absolute Gasteiger partial charge is 0.449 e. The van der Waals surface area contributed by atoms with Crippen molar-refractivity contribution in [2.24, 2.45) is 0 Å². The van der Waals surface area contributed by atoms with Crippen LogP contribution in [0.15, 0.2) is 30.3 Å². The zero-order valence-corrected chi connectivity index (χ0v) is 11.2. The summed E-state index contributed by atoms with van der Waals surface area (Å²) in [6.07, 6.45) is -4.57. The molecule has 0 spiro atoms. The standard InChI is InChI=1S/C12H13F3O2.C2H6/c13-12(14,15)11(16)8-4-5-9-17-10-6-2-1-3-7-10;1-2/h1-3,6-7H,4-5,8-9H2;1-2H3. The fourth-order valence-corrected chi connectivity index (χ4v) is 1.24. The van der Waals surface area contributed by atoms with Crippen LogP contribution in [0.5, 0.6) is 5.75 Å². The van der Waals surface area contributed by atoms with Gasteiger partial charge in [0.05, 0.1) is 6.61 Å². The van der Waals surface area contributed by atoms with Gasteiger partial charge in [0.2, 0.25) is 5.78 Å². The van der Waals surface area contributed by atoms with E-state index in [0.717, 1.165) is 0 Å². The Labute approximate surface area is 111 Å². The summed E-state index contributed by atoms with van der Waals surface area (Å²) in [5, 5.41) is 0. The lowest BCUT2D eigenvalue weighted by atomic mass is 10.2. The Hall–Kier alpha value is -1.52. The number of hydrogen-bond donors (Lipinski definition) is 0. The van der Waals surface area contributed by atoms with E-state index in [1.807, 2.05) is 32.0 Å². The van der Waals surface area contributed by atoms with Crippen molar-refractivity contribution in [1.82, 2.24) is 0 Å². The first-order valence-electron chi connectivity index (χ1n) is 6.28. The Balaban J connectivity index is 0.00000154. The number of Topliss-reactive ketones (excluding diaryl/α,β-unsaturated/α-hetero) is 1. The maximum absolute atomic E-state index is 11.8. The third-order valence-corrected chi connectivity index (χ3v) is 2.13. The average Bonchev–Trinajstić information content (AvgIpc) is 2.40. The highest BCUT2D eigenvalue weighted by Crippen LogP contribution is 2.19. The summed E-state index contributed by atoms with van der Waals surface area (Å²) in [5.41, 5.74) is 0. The molecule has 0 bridgehead atoms. The van der Waals surface area contributed by atoms with Crippen molar-refractivity contribution in [3.05, 3.63) is 30.3 Å². The zero-order valence-electron chi connectivity index (χ0n) is 11.2. The second kappa shape index (κ2) is 9.42. The molecule has 0 aliphatic carbocycles. The van der Waals surface area contributed by atoms with Gasteiger partial charge in [0.15, 0.2) is 0 Å². The molecule has 108 valence electrons. The maximum Gasteiger partial charge on any atom is 0.449 e. The third-order valence-electron chi connectivity index (χ3n) is 2.13. The summed E-state index contributed by atoms with van der Waals surface area (Å²) < 4.78 is 40.8. The summed E-state index contributed by atoms with van der Waals surface area (Å²) >= 11 is 0. The van der Waals surface area contributed by atoms with Gasteiger partial charge in [-0.3, -0.25) is 4.79 Å². The number of carbonyl (C=O) groups is 1. The van der Waals surface area contributed by atoms with Gasteiger partial charge in [0.25, 0.3) is 0 Å². The molecule has 0 saturated heterocycles. The van der Waals surface area contributed by atoms with Crippen LogP contribution in [0.4, 0.5) is 13.2 Å². The summed E-state index contributed by atoms with van der Waals surface area (Å²) in [4.78, 5) is 10.5. The molecule has 0 saturated carbocycles. The number of carbonyl (C=O) groups excluding carboxylic acids is 1. The molecule has 1 rings (SSSR count). The van der Waals surface area contributed by atoms with E-state index in [4.69, 9.17) is 4.74 Å². The molecular formula is C14H19F3O2. The minimum Gasteiger partial charge on any atom is -0.494 e. The highest BCUT2D eigenvalue weighted by Gasteiger charge is 2.36. The molecule has 0 aliphatic heterocycles. The van der Waals surface area contributed by atoms with Gasteiger partial charge in [-0.25, -0.2) is 0 Å². The molecule has 0 fully saturated rings. The van der Waals surface area contributed by atoms with Crippen LogP contribution < -0.4 is 4.74 Å². The quantitative estimate of drug-likeness (QED) is 0.720. The van der Waals surface area contributed by atoms with Gasteiger partial charge in [-0.15, -0.1) is 0 Å². The van der Waals surface area contributed by atoms with Crippen LogP contribution in [0.25, 0.3) is 0 Å². The number of rotatable bonds is 6. The zero-order chi connectivity index (χ0) is 14.7. The minimum atomic E-state index is -4.71. The summed E-state index contributed by atoms with van der Waals surface area (Å²) in [5.74, 6) is -0.994. The van der Waals surface area contributed by atoms with Gasteiger partial charge in [0.1, 0.15) is 5.75 Å². The molecule has 0 heterocycles. The van der Waals surface area contributed by atoms with E-state index in [1.165, 1.54) is 0 Å². The van der Waals surface area contributed by atoms with Crippen molar-refractivity contribution in [2.75, 3.05) is 6.61 Å². The SMILES string of the molecule is CC.O=C(CCCCOc1ccccc1)C(F)(F)F. The van der Waals surface area contributed by atoms with E-state index in [2.05, 4.69) is 0 Å². The largest absolute Gasteiger partial charge is 0.494 e. The third kappa shape index (κ3) is 8.24. The number of hydrogen-bond acceptors (Lipinski definition) is 2. The number of ketones is 1. The van der Waals surface area contributed by atoms with Crippen LogP contribution in [-0.2, 0) is 4.79 Å². The van der Waals surface area contributed by atoms with Crippen molar-refractivity contribution in [2.45, 2.75) is 39.3 Å². The molecule has 2 nitrogen and oxygen atoms in total. The molecule has 0 aromatic heterocycles. The van der Waals surface area contributed by atoms with Crippen LogP contribution in [0.2, 0.25) is 0 Å².